The molecular formula is C8H12N2O. The molecule has 0 aliphatic carbocycles. The van der Waals surface area contributed by atoms with Gasteiger partial charge >= 0.3 is 0 Å². The molecule has 0 saturated carbocycles. The lowest BCUT2D eigenvalue weighted by Gasteiger charge is -1.49. The molecule has 60 valence electrons. The molecule has 2 heterocycles. The first-order chi connectivity index (χ1) is 5.00. The molecule has 2 aromatic rings. The molecule has 4 N–H and O–H groups in total. The maximum absolute atomic E-state index is 2.86. The van der Waals surface area contributed by atoms with Crippen molar-refractivity contribution in [3.8, 4) is 0 Å². The Morgan fingerprint density at radius 3 is 0.909 bits per heavy atom. The molecule has 0 aliphatic rings. The highest BCUT2D eigenvalue weighted by Crippen LogP contribution is 1.72. The Morgan fingerprint density at radius 1 is 0.545 bits per heavy atom. The van der Waals surface area contributed by atoms with E-state index in [0.717, 1.165) is 0 Å². The molecule has 2 rings (SSSR count). The molecule has 0 atom stereocenters. The molecule has 11 heavy (non-hydrogen) atoms. The van der Waals surface area contributed by atoms with Gasteiger partial charge in [0.25, 0.3) is 0 Å². The summed E-state index contributed by atoms with van der Waals surface area (Å²) in [5, 5.41) is 0. The summed E-state index contributed by atoms with van der Waals surface area (Å²) in [6.45, 7) is 0. The number of hydrogen-bond donors (Lipinski definition) is 2. The third kappa shape index (κ3) is 4.99. The standard InChI is InChI=1S/2C4H5N.H2O/c2*1-2-4-5-3-1;/h2*1-5H;1H2. The number of rotatable bonds is 0. The predicted molar refractivity (Wildman–Crippen MR) is 45.2 cm³/mol. The van der Waals surface area contributed by atoms with Crippen LogP contribution in [0.1, 0.15) is 0 Å². The van der Waals surface area contributed by atoms with Crippen molar-refractivity contribution in [1.29, 1.82) is 0 Å². The molecule has 0 unspecified atom stereocenters. The minimum Gasteiger partial charge on any atom is -0.412 e. The van der Waals surface area contributed by atoms with Gasteiger partial charge in [-0.1, -0.05) is 0 Å². The zero-order valence-electron chi connectivity index (χ0n) is 6.12. The minimum absolute atomic E-state index is 0. The van der Waals surface area contributed by atoms with Gasteiger partial charge < -0.3 is 15.4 Å². The van der Waals surface area contributed by atoms with E-state index in [2.05, 4.69) is 9.97 Å². The van der Waals surface area contributed by atoms with Crippen LogP contribution in [0.2, 0.25) is 0 Å². The van der Waals surface area contributed by atoms with E-state index in [1.54, 1.807) is 0 Å². The van der Waals surface area contributed by atoms with Gasteiger partial charge in [-0.2, -0.15) is 0 Å². The van der Waals surface area contributed by atoms with E-state index in [-0.39, 0.29) is 5.48 Å². The molecule has 0 spiro atoms. The van der Waals surface area contributed by atoms with Crippen LogP contribution < -0.4 is 0 Å². The fraction of sp³-hybridized carbons (Fsp3) is 0. The van der Waals surface area contributed by atoms with Crippen molar-refractivity contribution in [3.63, 3.8) is 0 Å². The number of hydrogen-bond acceptors (Lipinski definition) is 0. The third-order valence-corrected chi connectivity index (χ3v) is 0.992. The normalized spacial score (nSPS) is 7.27. The minimum atomic E-state index is 0. The Labute approximate surface area is 65.4 Å². The van der Waals surface area contributed by atoms with Gasteiger partial charge in [0, 0.05) is 24.8 Å². The van der Waals surface area contributed by atoms with Crippen molar-refractivity contribution in [2.24, 2.45) is 0 Å². The molecule has 0 radical (unpaired) electrons. The van der Waals surface area contributed by atoms with Gasteiger partial charge in [0.15, 0.2) is 0 Å². The highest BCUT2D eigenvalue weighted by Gasteiger charge is 1.56. The Hall–Kier alpha value is -1.48. The van der Waals surface area contributed by atoms with E-state index in [0.29, 0.717) is 0 Å². The van der Waals surface area contributed by atoms with Gasteiger partial charge in [-0.3, -0.25) is 0 Å². The van der Waals surface area contributed by atoms with Crippen molar-refractivity contribution < 1.29 is 5.48 Å². The smallest absolute Gasteiger partial charge is 0.000496 e. The molecule has 0 aromatic carbocycles. The third-order valence-electron chi connectivity index (χ3n) is 0.992. The van der Waals surface area contributed by atoms with Crippen LogP contribution in [0.15, 0.2) is 49.1 Å². The largest absolute Gasteiger partial charge is 0.412 e. The van der Waals surface area contributed by atoms with E-state index in [1.807, 2.05) is 49.1 Å². The quantitative estimate of drug-likeness (QED) is 0.570. The van der Waals surface area contributed by atoms with Crippen molar-refractivity contribution >= 4 is 0 Å². The van der Waals surface area contributed by atoms with E-state index >= 15 is 0 Å². The van der Waals surface area contributed by atoms with E-state index in [4.69, 9.17) is 0 Å². The van der Waals surface area contributed by atoms with E-state index < -0.39 is 0 Å². The lowest BCUT2D eigenvalue weighted by molar-refractivity contribution is 0.824. The van der Waals surface area contributed by atoms with Gasteiger partial charge in [0.2, 0.25) is 0 Å². The van der Waals surface area contributed by atoms with Crippen molar-refractivity contribution in [2.45, 2.75) is 0 Å². The number of nitrogens with one attached hydrogen (secondary N) is 2. The monoisotopic (exact) mass is 152 g/mol. The van der Waals surface area contributed by atoms with Gasteiger partial charge in [-0.15, -0.1) is 0 Å². The maximum Gasteiger partial charge on any atom is 0.000496 e. The lowest BCUT2D eigenvalue weighted by atomic mass is 10.7. The second-order valence-electron chi connectivity index (χ2n) is 1.77. The van der Waals surface area contributed by atoms with Gasteiger partial charge in [-0.05, 0) is 24.3 Å². The number of aromatic amines is 2. The lowest BCUT2D eigenvalue weighted by Crippen LogP contribution is -1.38. The van der Waals surface area contributed by atoms with Crippen LogP contribution in [0.4, 0.5) is 0 Å². The second kappa shape index (κ2) is 6.64. The Balaban J connectivity index is 0.000000167. The van der Waals surface area contributed by atoms with Crippen LogP contribution in [-0.4, -0.2) is 15.4 Å². The van der Waals surface area contributed by atoms with Crippen LogP contribution in [0.25, 0.3) is 0 Å². The molecule has 0 fully saturated rings. The number of aromatic nitrogens is 2. The van der Waals surface area contributed by atoms with Gasteiger partial charge in [0.1, 0.15) is 0 Å². The maximum atomic E-state index is 2.86. The highest BCUT2D eigenvalue weighted by molar-refractivity contribution is 4.85. The summed E-state index contributed by atoms with van der Waals surface area (Å²) >= 11 is 0. The molecule has 3 nitrogen and oxygen atoms in total. The summed E-state index contributed by atoms with van der Waals surface area (Å²) in [5.41, 5.74) is 0. The van der Waals surface area contributed by atoms with Crippen molar-refractivity contribution in [3.05, 3.63) is 49.1 Å². The fourth-order valence-electron chi connectivity index (χ4n) is 0.556. The van der Waals surface area contributed by atoms with Crippen LogP contribution in [-0.2, 0) is 0 Å². The second-order valence-corrected chi connectivity index (χ2v) is 1.77. The average Bonchev–Trinajstić information content (AvgIpc) is 2.67. The van der Waals surface area contributed by atoms with Gasteiger partial charge in [0.05, 0.1) is 0 Å². The molecule has 0 amide bonds. The fourth-order valence-corrected chi connectivity index (χ4v) is 0.556. The summed E-state index contributed by atoms with van der Waals surface area (Å²) in [6.07, 6.45) is 7.50. The average molecular weight is 152 g/mol. The molecular weight excluding hydrogens is 140 g/mol. The first-order valence-corrected chi connectivity index (χ1v) is 3.15. The molecule has 0 aliphatic heterocycles. The van der Waals surface area contributed by atoms with Gasteiger partial charge in [-0.25, -0.2) is 0 Å². The zero-order valence-corrected chi connectivity index (χ0v) is 6.12. The van der Waals surface area contributed by atoms with Crippen LogP contribution in [0.3, 0.4) is 0 Å². The van der Waals surface area contributed by atoms with Crippen LogP contribution in [0.5, 0.6) is 0 Å². The summed E-state index contributed by atoms with van der Waals surface area (Å²) in [5.74, 6) is 0. The highest BCUT2D eigenvalue weighted by atomic mass is 16.0. The molecule has 0 bridgehead atoms. The summed E-state index contributed by atoms with van der Waals surface area (Å²) in [6, 6.07) is 7.78. The molecule has 2 aromatic heterocycles. The molecule has 3 heteroatoms. The Kier molecular flexibility index (Phi) is 5.74. The van der Waals surface area contributed by atoms with E-state index in [9.17, 15) is 0 Å². The molecule has 0 saturated heterocycles. The summed E-state index contributed by atoms with van der Waals surface area (Å²) in [7, 11) is 0. The van der Waals surface area contributed by atoms with E-state index in [1.165, 1.54) is 0 Å². The number of H-pyrrole nitrogens is 2. The van der Waals surface area contributed by atoms with Crippen LogP contribution >= 0.6 is 0 Å². The SMILES string of the molecule is O.c1cc[nH]c1.c1cc[nH]c1. The zero-order chi connectivity index (χ0) is 7.07. The summed E-state index contributed by atoms with van der Waals surface area (Å²) in [4.78, 5) is 5.72. The van der Waals surface area contributed by atoms with Crippen molar-refractivity contribution in [1.82, 2.24) is 9.97 Å². The summed E-state index contributed by atoms with van der Waals surface area (Å²) < 4.78 is 0. The Bertz CT molecular complexity index is 151. The topological polar surface area (TPSA) is 63.1 Å². The predicted octanol–water partition coefficient (Wildman–Crippen LogP) is 1.20. The first kappa shape index (κ1) is 9.52. The first-order valence-electron chi connectivity index (χ1n) is 3.15. The Morgan fingerprint density at radius 2 is 0.818 bits per heavy atom. The van der Waals surface area contributed by atoms with Crippen LogP contribution in [0, 0.1) is 0 Å². The van der Waals surface area contributed by atoms with Crippen molar-refractivity contribution in [2.75, 3.05) is 0 Å².